The van der Waals surface area contributed by atoms with Gasteiger partial charge < -0.3 is 25.7 Å². The molecule has 0 saturated heterocycles. The summed E-state index contributed by atoms with van der Waals surface area (Å²) in [5.74, 6) is 0.290. The maximum Gasteiger partial charge on any atom is 0.251 e. The van der Waals surface area contributed by atoms with Crippen LogP contribution >= 0.6 is 0 Å². The van der Waals surface area contributed by atoms with Gasteiger partial charge in [-0.15, -0.1) is 0 Å². The number of benzene rings is 2. The first-order valence-electron chi connectivity index (χ1n) is 8.50. The summed E-state index contributed by atoms with van der Waals surface area (Å²) < 4.78 is 17.6. The van der Waals surface area contributed by atoms with Crippen molar-refractivity contribution in [3.63, 3.8) is 0 Å². The Hall–Kier alpha value is -3.35. The van der Waals surface area contributed by atoms with Crippen LogP contribution in [0.5, 0.6) is 5.75 Å². The molecular weight excluding hydrogens is 347 g/mol. The average molecular weight is 368 g/mol. The van der Waals surface area contributed by atoms with E-state index in [2.05, 4.69) is 15.5 Å². The Morgan fingerprint density at radius 3 is 2.63 bits per heavy atom. The Morgan fingerprint density at radius 2 is 1.96 bits per heavy atom. The number of halogens is 1. The van der Waals surface area contributed by atoms with Gasteiger partial charge in [0.1, 0.15) is 5.75 Å². The van der Waals surface area contributed by atoms with E-state index in [-0.39, 0.29) is 5.91 Å². The van der Waals surface area contributed by atoms with Crippen LogP contribution in [0.3, 0.4) is 0 Å². The van der Waals surface area contributed by atoms with Crippen molar-refractivity contribution in [3.8, 4) is 5.75 Å². The highest BCUT2D eigenvalue weighted by Gasteiger charge is 2.22. The quantitative estimate of drug-likeness (QED) is 0.656. The predicted octanol–water partition coefficient (Wildman–Crippen LogP) is 3.19. The first-order valence-corrected chi connectivity index (χ1v) is 8.50. The normalized spacial score (nSPS) is 13.5. The Balaban J connectivity index is 1.76. The number of amides is 1. The molecule has 140 valence electrons. The number of para-hydroxylation sites is 2. The smallest absolute Gasteiger partial charge is 0.251 e. The second-order valence-electron chi connectivity index (χ2n) is 6.00. The van der Waals surface area contributed by atoms with E-state index in [0.29, 0.717) is 30.1 Å². The molecule has 27 heavy (non-hydrogen) atoms. The number of carbonyl (C=O) groups excluding carboxylic acids is 1. The van der Waals surface area contributed by atoms with Crippen LogP contribution in [0.1, 0.15) is 10.4 Å². The fourth-order valence-electron chi connectivity index (χ4n) is 2.97. The minimum atomic E-state index is -0.904. The Morgan fingerprint density at radius 1 is 1.22 bits per heavy atom. The standard InChI is InChI=1S/C20H21FN4O2/c1-23-20(26)14-6-8-16(9-7-14)25-11-15(10-22)18(12-25)24-17-4-2-3-5-19(17)27-13-21/h2-10,22,24H,11-13H2,1H3,(H,23,26). The lowest BCUT2D eigenvalue weighted by molar-refractivity contribution is 0.0963. The molecule has 0 fully saturated rings. The topological polar surface area (TPSA) is 77.5 Å². The molecule has 2 aromatic rings. The Bertz CT molecular complexity index is 865. The maximum atomic E-state index is 12.6. The highest BCUT2D eigenvalue weighted by atomic mass is 19.1. The van der Waals surface area contributed by atoms with Gasteiger partial charge >= 0.3 is 0 Å². The molecule has 1 amide bonds. The van der Waals surface area contributed by atoms with Crippen LogP contribution in [-0.2, 0) is 0 Å². The van der Waals surface area contributed by atoms with Gasteiger partial charge in [0.05, 0.1) is 12.2 Å². The molecule has 3 N–H and O–H groups in total. The van der Waals surface area contributed by atoms with Gasteiger partial charge in [-0.05, 0) is 36.4 Å². The van der Waals surface area contributed by atoms with Crippen LogP contribution in [0.4, 0.5) is 15.8 Å². The summed E-state index contributed by atoms with van der Waals surface area (Å²) in [6, 6.07) is 14.4. The zero-order chi connectivity index (χ0) is 19.2. The van der Waals surface area contributed by atoms with Crippen LogP contribution in [0.15, 0.2) is 59.8 Å². The number of rotatable bonds is 7. The summed E-state index contributed by atoms with van der Waals surface area (Å²) in [5.41, 5.74) is 3.89. The van der Waals surface area contributed by atoms with E-state index in [9.17, 15) is 9.18 Å². The molecule has 1 aliphatic heterocycles. The molecule has 2 aromatic carbocycles. The van der Waals surface area contributed by atoms with E-state index in [0.717, 1.165) is 17.0 Å². The van der Waals surface area contributed by atoms with Crippen molar-refractivity contribution in [1.29, 1.82) is 5.41 Å². The number of nitrogens with zero attached hydrogens (tertiary/aromatic N) is 1. The lowest BCUT2D eigenvalue weighted by Crippen LogP contribution is -2.22. The third kappa shape index (κ3) is 4.08. The van der Waals surface area contributed by atoms with Crippen LogP contribution < -0.4 is 20.3 Å². The number of nitrogens with one attached hydrogen (secondary N) is 3. The number of ether oxygens (including phenoxy) is 1. The third-order valence-corrected chi connectivity index (χ3v) is 4.38. The van der Waals surface area contributed by atoms with Crippen LogP contribution in [-0.4, -0.2) is 39.1 Å². The van der Waals surface area contributed by atoms with Crippen molar-refractivity contribution in [2.75, 3.05) is 37.2 Å². The van der Waals surface area contributed by atoms with Crippen LogP contribution in [0, 0.1) is 5.41 Å². The third-order valence-electron chi connectivity index (χ3n) is 4.38. The van der Waals surface area contributed by atoms with Crippen molar-refractivity contribution in [2.24, 2.45) is 0 Å². The Kier molecular flexibility index (Phi) is 5.71. The van der Waals surface area contributed by atoms with Crippen LogP contribution in [0.2, 0.25) is 0 Å². The van der Waals surface area contributed by atoms with Gasteiger partial charge in [0.25, 0.3) is 5.91 Å². The monoisotopic (exact) mass is 368 g/mol. The zero-order valence-corrected chi connectivity index (χ0v) is 15.0. The molecule has 0 atom stereocenters. The number of anilines is 2. The molecule has 0 bridgehead atoms. The van der Waals surface area contributed by atoms with Crippen molar-refractivity contribution < 1.29 is 13.9 Å². The van der Waals surface area contributed by atoms with Crippen molar-refractivity contribution in [3.05, 3.63) is 65.4 Å². The predicted molar refractivity (Wildman–Crippen MR) is 105 cm³/mol. The molecule has 1 aliphatic rings. The number of hydrogen-bond donors (Lipinski definition) is 3. The van der Waals surface area contributed by atoms with E-state index >= 15 is 0 Å². The second kappa shape index (κ2) is 8.35. The van der Waals surface area contributed by atoms with Gasteiger partial charge in [0.15, 0.2) is 0 Å². The average Bonchev–Trinajstić information content (AvgIpc) is 3.12. The molecule has 1 heterocycles. The minimum Gasteiger partial charge on any atom is -0.461 e. The number of hydrogen-bond acceptors (Lipinski definition) is 5. The molecule has 0 aliphatic carbocycles. The van der Waals surface area contributed by atoms with Gasteiger partial charge in [-0.2, -0.15) is 0 Å². The SMILES string of the molecule is CNC(=O)c1ccc(N2CC(C=N)=C(Nc3ccccc3OCF)C2)cc1. The molecule has 0 radical (unpaired) electrons. The van der Waals surface area contributed by atoms with Crippen molar-refractivity contribution >= 4 is 23.5 Å². The van der Waals surface area contributed by atoms with Gasteiger partial charge in [-0.3, -0.25) is 4.79 Å². The lowest BCUT2D eigenvalue weighted by Gasteiger charge is -2.19. The highest BCUT2D eigenvalue weighted by Crippen LogP contribution is 2.29. The molecule has 6 nitrogen and oxygen atoms in total. The lowest BCUT2D eigenvalue weighted by atomic mass is 10.2. The second-order valence-corrected chi connectivity index (χ2v) is 6.00. The van der Waals surface area contributed by atoms with E-state index in [1.807, 2.05) is 18.2 Å². The van der Waals surface area contributed by atoms with Crippen LogP contribution in [0.25, 0.3) is 0 Å². The molecular formula is C20H21FN4O2. The van der Waals surface area contributed by atoms with E-state index in [1.54, 1.807) is 37.4 Å². The molecule has 0 unspecified atom stereocenters. The fraction of sp³-hybridized carbons (Fsp3) is 0.200. The summed E-state index contributed by atoms with van der Waals surface area (Å²) >= 11 is 0. The fourth-order valence-corrected chi connectivity index (χ4v) is 2.97. The summed E-state index contributed by atoms with van der Waals surface area (Å²) in [4.78, 5) is 13.8. The highest BCUT2D eigenvalue weighted by molar-refractivity contribution is 5.94. The number of alkyl halides is 1. The first-order chi connectivity index (χ1) is 13.2. The Labute approximate surface area is 157 Å². The molecule has 7 heteroatoms. The van der Waals surface area contributed by atoms with E-state index < -0.39 is 6.86 Å². The summed E-state index contributed by atoms with van der Waals surface area (Å²) in [5, 5.41) is 13.6. The maximum absolute atomic E-state index is 12.6. The van der Waals surface area contributed by atoms with E-state index in [1.165, 1.54) is 6.21 Å². The van der Waals surface area contributed by atoms with Gasteiger partial charge in [0, 0.05) is 42.3 Å². The summed E-state index contributed by atoms with van der Waals surface area (Å²) in [6.45, 7) is 0.226. The minimum absolute atomic E-state index is 0.131. The van der Waals surface area contributed by atoms with E-state index in [4.69, 9.17) is 10.1 Å². The van der Waals surface area contributed by atoms with Gasteiger partial charge in [-0.1, -0.05) is 12.1 Å². The van der Waals surface area contributed by atoms with Gasteiger partial charge in [0.2, 0.25) is 6.86 Å². The van der Waals surface area contributed by atoms with Crippen molar-refractivity contribution in [2.45, 2.75) is 0 Å². The van der Waals surface area contributed by atoms with Crippen molar-refractivity contribution in [1.82, 2.24) is 5.32 Å². The molecule has 0 saturated carbocycles. The molecule has 0 aromatic heterocycles. The first kappa shape index (κ1) is 18.4. The van der Waals surface area contributed by atoms with Gasteiger partial charge in [-0.25, -0.2) is 4.39 Å². The molecule has 0 spiro atoms. The zero-order valence-electron chi connectivity index (χ0n) is 15.0. The largest absolute Gasteiger partial charge is 0.461 e. The summed E-state index contributed by atoms with van der Waals surface area (Å²) in [7, 11) is 1.60. The molecule has 3 rings (SSSR count). The number of carbonyl (C=O) groups is 1. The summed E-state index contributed by atoms with van der Waals surface area (Å²) in [6.07, 6.45) is 1.32.